The van der Waals surface area contributed by atoms with E-state index in [0.29, 0.717) is 11.3 Å². The largest absolute Gasteiger partial charge is 0.360 e. The van der Waals surface area contributed by atoms with Crippen LogP contribution in [0.25, 0.3) is 0 Å². The highest BCUT2D eigenvalue weighted by Gasteiger charge is 2.29. The van der Waals surface area contributed by atoms with Crippen molar-refractivity contribution in [3.63, 3.8) is 0 Å². The number of quaternary nitrogens is 1. The van der Waals surface area contributed by atoms with Crippen LogP contribution in [0.15, 0.2) is 48.5 Å². The second-order valence-corrected chi connectivity index (χ2v) is 7.59. The maximum absolute atomic E-state index is 12.6. The average Bonchev–Trinajstić information content (AvgIpc) is 2.73. The minimum atomic E-state index is -0.162. The van der Waals surface area contributed by atoms with Gasteiger partial charge in [-0.1, -0.05) is 0 Å². The number of hydrogen-bond acceptors (Lipinski definition) is 4. The Hall–Kier alpha value is -2.99. The quantitative estimate of drug-likeness (QED) is 0.734. The van der Waals surface area contributed by atoms with Crippen LogP contribution in [0, 0.1) is 0 Å². The molecule has 1 amide bonds. The summed E-state index contributed by atoms with van der Waals surface area (Å²) in [5.41, 5.74) is 3.17. The Kier molecular flexibility index (Phi) is 6.44. The number of hydrogen-bond donors (Lipinski definition) is 2. The molecule has 2 aromatic rings. The first-order valence-corrected chi connectivity index (χ1v) is 9.97. The van der Waals surface area contributed by atoms with Gasteiger partial charge in [-0.2, -0.15) is 0 Å². The molecule has 0 spiro atoms. The lowest BCUT2D eigenvalue weighted by atomic mass is 10.1. The molecule has 152 valence electrons. The van der Waals surface area contributed by atoms with Gasteiger partial charge < -0.3 is 15.1 Å². The highest BCUT2D eigenvalue weighted by Crippen LogP contribution is 2.16. The smallest absolute Gasteiger partial charge is 0.282 e. The zero-order valence-corrected chi connectivity index (χ0v) is 17.2. The zero-order valence-electron chi connectivity index (χ0n) is 17.2. The maximum atomic E-state index is 12.6. The van der Waals surface area contributed by atoms with Gasteiger partial charge in [0.1, 0.15) is 0 Å². The van der Waals surface area contributed by atoms with Crippen molar-refractivity contribution in [3.8, 4) is 0 Å². The van der Waals surface area contributed by atoms with E-state index in [4.69, 9.17) is 0 Å². The fraction of sp³-hybridized carbons (Fsp3) is 0.348. The topological polar surface area (TPSA) is 70.9 Å². The van der Waals surface area contributed by atoms with Crippen LogP contribution >= 0.6 is 0 Å². The Balaban J connectivity index is 1.53. The van der Waals surface area contributed by atoms with Crippen molar-refractivity contribution in [2.45, 2.75) is 26.8 Å². The van der Waals surface area contributed by atoms with Crippen LogP contribution in [0.5, 0.6) is 0 Å². The molecule has 1 saturated heterocycles. The molecule has 0 unspecified atom stereocenters. The Morgan fingerprint density at radius 1 is 0.862 bits per heavy atom. The first kappa shape index (κ1) is 20.7. The van der Waals surface area contributed by atoms with Gasteiger partial charge in [0.25, 0.3) is 5.91 Å². The van der Waals surface area contributed by atoms with E-state index >= 15 is 0 Å². The Morgan fingerprint density at radius 2 is 1.34 bits per heavy atom. The molecule has 6 nitrogen and oxygen atoms in total. The number of rotatable bonds is 6. The number of anilines is 2. The number of piperazine rings is 1. The Bertz CT molecular complexity index is 883. The molecule has 0 bridgehead atoms. The summed E-state index contributed by atoms with van der Waals surface area (Å²) in [6.07, 6.45) is 0. The van der Waals surface area contributed by atoms with Gasteiger partial charge >= 0.3 is 0 Å². The lowest BCUT2D eigenvalue weighted by Crippen LogP contribution is -3.19. The molecule has 1 aliphatic heterocycles. The first-order chi connectivity index (χ1) is 13.8. The summed E-state index contributed by atoms with van der Waals surface area (Å²) in [4.78, 5) is 39.0. The van der Waals surface area contributed by atoms with E-state index in [-0.39, 0.29) is 23.5 Å². The third kappa shape index (κ3) is 5.09. The zero-order chi connectivity index (χ0) is 21.0. The lowest BCUT2D eigenvalue weighted by Gasteiger charge is -2.36. The van der Waals surface area contributed by atoms with Crippen molar-refractivity contribution in [2.75, 3.05) is 36.4 Å². The van der Waals surface area contributed by atoms with Gasteiger partial charge in [-0.15, -0.1) is 0 Å². The molecule has 3 rings (SSSR count). The third-order valence-electron chi connectivity index (χ3n) is 5.61. The number of nitrogens with zero attached hydrogens (tertiary/aromatic N) is 1. The van der Waals surface area contributed by atoms with E-state index in [9.17, 15) is 14.4 Å². The number of nitrogens with one attached hydrogen (secondary N) is 2. The Labute approximate surface area is 171 Å². The summed E-state index contributed by atoms with van der Waals surface area (Å²) in [5.74, 6) is 0.0610. The van der Waals surface area contributed by atoms with Crippen molar-refractivity contribution in [3.05, 3.63) is 59.7 Å². The van der Waals surface area contributed by atoms with Crippen LogP contribution < -0.4 is 15.1 Å². The van der Waals surface area contributed by atoms with Crippen LogP contribution in [0.1, 0.15) is 41.5 Å². The van der Waals surface area contributed by atoms with Gasteiger partial charge in [0.05, 0.1) is 26.2 Å². The third-order valence-corrected chi connectivity index (χ3v) is 5.61. The van der Waals surface area contributed by atoms with E-state index in [0.717, 1.165) is 37.4 Å². The molecular formula is C23H28N3O3+. The van der Waals surface area contributed by atoms with Crippen LogP contribution in [0.2, 0.25) is 0 Å². The normalized spacial score (nSPS) is 15.6. The predicted molar refractivity (Wildman–Crippen MR) is 114 cm³/mol. The molecular weight excluding hydrogens is 366 g/mol. The van der Waals surface area contributed by atoms with Crippen molar-refractivity contribution in [2.24, 2.45) is 0 Å². The SMILES string of the molecule is CC(=O)c1ccc(NC(=O)[C@H](C)[NH+]2CCN(c3ccc(C(C)=O)cc3)CC2)cc1. The molecule has 0 aliphatic carbocycles. The molecule has 6 heteroatoms. The molecule has 2 aromatic carbocycles. The summed E-state index contributed by atoms with van der Waals surface area (Å²) in [6, 6.07) is 14.5. The number of Topliss-reactive ketones (excluding diaryl/α,β-unsaturated/α-hetero) is 2. The van der Waals surface area contributed by atoms with Crippen molar-refractivity contribution >= 4 is 28.8 Å². The fourth-order valence-electron chi connectivity index (χ4n) is 3.62. The van der Waals surface area contributed by atoms with Gasteiger partial charge in [-0.05, 0) is 69.3 Å². The monoisotopic (exact) mass is 394 g/mol. The number of benzene rings is 2. The highest BCUT2D eigenvalue weighted by atomic mass is 16.2. The van der Waals surface area contributed by atoms with Crippen LogP contribution in [0.3, 0.4) is 0 Å². The van der Waals surface area contributed by atoms with Crippen molar-refractivity contribution in [1.29, 1.82) is 0 Å². The van der Waals surface area contributed by atoms with Crippen molar-refractivity contribution < 1.29 is 19.3 Å². The van der Waals surface area contributed by atoms with E-state index in [1.807, 2.05) is 31.2 Å². The molecule has 1 atom stereocenters. The number of ketones is 2. The molecule has 2 N–H and O–H groups in total. The molecule has 29 heavy (non-hydrogen) atoms. The summed E-state index contributed by atoms with van der Waals surface area (Å²) in [5, 5.41) is 2.95. The second kappa shape index (κ2) is 9.01. The van der Waals surface area contributed by atoms with E-state index in [1.165, 1.54) is 11.8 Å². The summed E-state index contributed by atoms with van der Waals surface area (Å²) < 4.78 is 0. The standard InChI is InChI=1S/C23H27N3O3/c1-16(23(29)24-21-8-4-19(5-9-21)17(2)27)25-12-14-26(15-13-25)22-10-6-20(7-11-22)18(3)28/h4-11,16H,12-15H2,1-3H3,(H,24,29)/p+1/t16-/m0/s1. The van der Waals surface area contributed by atoms with E-state index in [1.54, 1.807) is 31.2 Å². The van der Waals surface area contributed by atoms with Crippen molar-refractivity contribution in [1.82, 2.24) is 0 Å². The molecule has 1 aliphatic rings. The highest BCUT2D eigenvalue weighted by molar-refractivity contribution is 5.96. The van der Waals surface area contributed by atoms with Crippen LogP contribution in [-0.2, 0) is 4.79 Å². The Morgan fingerprint density at radius 3 is 1.83 bits per heavy atom. The van der Waals surface area contributed by atoms with E-state index in [2.05, 4.69) is 10.2 Å². The van der Waals surface area contributed by atoms with Gasteiger partial charge in [0, 0.05) is 22.5 Å². The van der Waals surface area contributed by atoms with E-state index < -0.39 is 0 Å². The number of carbonyl (C=O) groups is 3. The minimum Gasteiger partial charge on any atom is -0.360 e. The second-order valence-electron chi connectivity index (χ2n) is 7.59. The van der Waals surface area contributed by atoms with Crippen LogP contribution in [0.4, 0.5) is 11.4 Å². The molecule has 1 heterocycles. The summed E-state index contributed by atoms with van der Waals surface area (Å²) in [7, 11) is 0. The summed E-state index contributed by atoms with van der Waals surface area (Å²) in [6.45, 7) is 8.50. The van der Waals surface area contributed by atoms with Gasteiger partial charge in [0.2, 0.25) is 0 Å². The van der Waals surface area contributed by atoms with Gasteiger partial charge in [-0.25, -0.2) is 0 Å². The lowest BCUT2D eigenvalue weighted by molar-refractivity contribution is -0.914. The first-order valence-electron chi connectivity index (χ1n) is 9.97. The molecule has 0 radical (unpaired) electrons. The summed E-state index contributed by atoms with van der Waals surface area (Å²) >= 11 is 0. The number of carbonyl (C=O) groups excluding carboxylic acids is 3. The number of amides is 1. The average molecular weight is 394 g/mol. The van der Waals surface area contributed by atoms with Gasteiger partial charge in [-0.3, -0.25) is 14.4 Å². The van der Waals surface area contributed by atoms with Gasteiger partial charge in [0.15, 0.2) is 17.6 Å². The molecule has 0 saturated carbocycles. The fourth-order valence-corrected chi connectivity index (χ4v) is 3.62. The molecule has 1 fully saturated rings. The van der Waals surface area contributed by atoms with Crippen LogP contribution in [-0.4, -0.2) is 49.7 Å². The molecule has 0 aromatic heterocycles. The minimum absolute atomic E-state index is 0.00879. The maximum Gasteiger partial charge on any atom is 0.282 e. The predicted octanol–water partition coefficient (Wildman–Crippen LogP) is 1.82.